The zero-order chi connectivity index (χ0) is 34.8. The van der Waals surface area contributed by atoms with Crippen LogP contribution in [-0.2, 0) is 19.1 Å². The average molecular weight is 692 g/mol. The maximum absolute atomic E-state index is 13.2. The second-order valence-electron chi connectivity index (χ2n) is 19.0. The average Bonchev–Trinajstić information content (AvgIpc) is 3.56. The molecular formula is C41H65N5O4. The number of rotatable bonds is 5. The van der Waals surface area contributed by atoms with Crippen LogP contribution in [0.1, 0.15) is 111 Å². The first kappa shape index (κ1) is 35.3. The number of hydrogen-bond acceptors (Lipinski definition) is 6. The van der Waals surface area contributed by atoms with E-state index in [0.29, 0.717) is 66.4 Å². The molecule has 4 heterocycles. The van der Waals surface area contributed by atoms with Gasteiger partial charge in [0.15, 0.2) is 5.79 Å². The van der Waals surface area contributed by atoms with Crippen molar-refractivity contribution in [1.82, 2.24) is 20.0 Å². The minimum Gasteiger partial charge on any atom is -0.353 e. The molecule has 8 aliphatic rings. The van der Waals surface area contributed by atoms with Crippen LogP contribution in [0.5, 0.6) is 0 Å². The third kappa shape index (κ3) is 6.04. The van der Waals surface area contributed by atoms with Gasteiger partial charge >= 0.3 is 0 Å². The summed E-state index contributed by atoms with van der Waals surface area (Å²) in [5, 5.41) is 3.34. The van der Waals surface area contributed by atoms with Crippen molar-refractivity contribution in [3.05, 3.63) is 11.4 Å². The Morgan fingerprint density at radius 3 is 2.34 bits per heavy atom. The minimum atomic E-state index is -0.336. The number of amides is 2. The van der Waals surface area contributed by atoms with Gasteiger partial charge in [-0.2, -0.15) is 0 Å². The predicted molar refractivity (Wildman–Crippen MR) is 192 cm³/mol. The molecule has 1 N–H and O–H groups in total. The summed E-state index contributed by atoms with van der Waals surface area (Å²) in [5.41, 5.74) is 0.703. The van der Waals surface area contributed by atoms with E-state index in [1.165, 1.54) is 44.9 Å². The van der Waals surface area contributed by atoms with E-state index in [1.807, 2.05) is 4.90 Å². The second-order valence-corrected chi connectivity index (χ2v) is 19.0. The molecule has 2 unspecified atom stereocenters. The summed E-state index contributed by atoms with van der Waals surface area (Å²) in [7, 11) is 0. The highest BCUT2D eigenvalue weighted by molar-refractivity contribution is 5.97. The molecule has 50 heavy (non-hydrogen) atoms. The molecule has 0 aromatic rings. The fourth-order valence-electron chi connectivity index (χ4n) is 13.8. The number of piperidine rings is 1. The van der Waals surface area contributed by atoms with Crippen molar-refractivity contribution >= 4 is 11.8 Å². The number of ether oxygens (including phenoxy) is 2. The number of fused-ring (bicyclic) bond motifs is 7. The molecule has 9 nitrogen and oxygen atoms in total. The first-order valence-corrected chi connectivity index (χ1v) is 20.7. The Labute approximate surface area is 301 Å². The van der Waals surface area contributed by atoms with Crippen molar-refractivity contribution in [2.75, 3.05) is 52.5 Å². The lowest BCUT2D eigenvalue weighted by atomic mass is 9.44. The molecule has 12 atom stereocenters. The topological polar surface area (TPSA) is 78.7 Å². The molecule has 8 rings (SSSR count). The van der Waals surface area contributed by atoms with Gasteiger partial charge < -0.3 is 19.7 Å². The lowest BCUT2D eigenvalue weighted by Crippen LogP contribution is -2.56. The Morgan fingerprint density at radius 1 is 0.860 bits per heavy atom. The Bertz CT molecular complexity index is 1310. The molecular weight excluding hydrogens is 626 g/mol. The van der Waals surface area contributed by atoms with Gasteiger partial charge in [-0.25, -0.2) is 11.5 Å². The third-order valence-corrected chi connectivity index (χ3v) is 16.6. The lowest BCUT2D eigenvalue weighted by molar-refractivity contribution is -0.273. The first-order chi connectivity index (χ1) is 24.0. The maximum Gasteiger partial charge on any atom is 0.270 e. The van der Waals surface area contributed by atoms with Gasteiger partial charge in [-0.15, -0.1) is 0 Å². The smallest absolute Gasteiger partial charge is 0.270 e. The summed E-state index contributed by atoms with van der Waals surface area (Å²) in [4.78, 5) is 36.6. The van der Waals surface area contributed by atoms with E-state index in [2.05, 4.69) is 47.7 Å². The summed E-state index contributed by atoms with van der Waals surface area (Å²) in [6.07, 6.45) is 14.6. The molecule has 4 aliphatic heterocycles. The van der Waals surface area contributed by atoms with Gasteiger partial charge in [0.25, 0.3) is 6.67 Å². The van der Waals surface area contributed by atoms with E-state index in [-0.39, 0.29) is 30.1 Å². The number of likely N-dealkylation sites (tertiary alicyclic amines) is 1. The molecule has 278 valence electrons. The second kappa shape index (κ2) is 13.6. The van der Waals surface area contributed by atoms with Crippen molar-refractivity contribution in [2.45, 2.75) is 135 Å². The summed E-state index contributed by atoms with van der Waals surface area (Å²) < 4.78 is 13.5. The van der Waals surface area contributed by atoms with Crippen LogP contribution in [0.2, 0.25) is 0 Å². The fraction of sp³-hybridized carbons (Fsp3) is 0.927. The third-order valence-electron chi connectivity index (χ3n) is 16.6. The highest BCUT2D eigenvalue weighted by Gasteiger charge is 2.69. The van der Waals surface area contributed by atoms with Crippen LogP contribution in [0.3, 0.4) is 0 Å². The van der Waals surface area contributed by atoms with Crippen molar-refractivity contribution in [3.8, 4) is 0 Å². The SMILES string of the molecule is [C-]#[N+]CN1CCC(N2CCN(C(=O)CC(=O)N[C@H]3CC[C@]4(C)C5CC[C@]6(C)[C@@H]7C(C[C@H]6[C@@H]5CC[C@@H]4C3)O[C@]3(CC[C@@H](C)CO3)[C@H]7C)CC2)CC1. The van der Waals surface area contributed by atoms with Gasteiger partial charge in [0.05, 0.1) is 12.7 Å². The zero-order valence-corrected chi connectivity index (χ0v) is 31.5. The monoisotopic (exact) mass is 692 g/mol. The zero-order valence-electron chi connectivity index (χ0n) is 31.5. The van der Waals surface area contributed by atoms with Crippen molar-refractivity contribution in [2.24, 2.45) is 52.3 Å². The van der Waals surface area contributed by atoms with Crippen LogP contribution in [0.25, 0.3) is 4.85 Å². The number of carbonyl (C=O) groups is 2. The molecule has 9 heteroatoms. The number of piperazine rings is 1. The van der Waals surface area contributed by atoms with E-state index in [0.717, 1.165) is 82.6 Å². The van der Waals surface area contributed by atoms with Gasteiger partial charge in [-0.3, -0.25) is 19.3 Å². The Morgan fingerprint density at radius 2 is 1.62 bits per heavy atom. The molecule has 0 radical (unpaired) electrons. The van der Waals surface area contributed by atoms with Crippen LogP contribution < -0.4 is 5.32 Å². The molecule has 0 bridgehead atoms. The number of nitrogens with one attached hydrogen (secondary N) is 1. The van der Waals surface area contributed by atoms with E-state index in [9.17, 15) is 9.59 Å². The van der Waals surface area contributed by atoms with Gasteiger partial charge in [0, 0.05) is 63.7 Å². The molecule has 0 aromatic carbocycles. The Hall–Kier alpha value is -1.73. The molecule has 1 spiro atoms. The van der Waals surface area contributed by atoms with Crippen LogP contribution in [-0.4, -0.2) is 103 Å². The minimum absolute atomic E-state index is 0.0180. The Balaban J connectivity index is 0.813. The highest BCUT2D eigenvalue weighted by atomic mass is 16.7. The van der Waals surface area contributed by atoms with E-state index in [1.54, 1.807) is 0 Å². The highest BCUT2D eigenvalue weighted by Crippen LogP contribution is 2.71. The standard InChI is InChI=1S/C41H65N5O4/c1-27-8-15-41(49-25-27)28(2)38-35(50-41)23-34-32-7-6-29-22-30(9-13-39(29,3)33(32)10-14-40(34,38)4)43-36(47)24-37(48)46-20-18-45(19-21-46)31-11-16-44(17-12-31)26-42-5/h27-35,38H,6-26H2,1-4H3,(H,43,47)/t27-,28+,29-,30+,32-,33?,34+,35?,38+,39+,40+,41-/m1/s1. The van der Waals surface area contributed by atoms with Gasteiger partial charge in [-0.05, 0) is 117 Å². The van der Waals surface area contributed by atoms with Crippen molar-refractivity contribution < 1.29 is 19.1 Å². The summed E-state index contributed by atoms with van der Waals surface area (Å²) in [5.74, 6) is 4.27. The number of nitrogens with zero attached hydrogens (tertiary/aromatic N) is 4. The predicted octanol–water partition coefficient (Wildman–Crippen LogP) is 5.79. The first-order valence-electron chi connectivity index (χ1n) is 20.7. The normalized spacial score (nSPS) is 46.8. The van der Waals surface area contributed by atoms with Crippen LogP contribution in [0.4, 0.5) is 0 Å². The molecule has 2 amide bonds. The van der Waals surface area contributed by atoms with Crippen molar-refractivity contribution in [1.29, 1.82) is 0 Å². The molecule has 4 saturated heterocycles. The van der Waals surface area contributed by atoms with Crippen LogP contribution in [0, 0.1) is 58.8 Å². The molecule has 4 saturated carbocycles. The molecule has 4 aliphatic carbocycles. The largest absolute Gasteiger partial charge is 0.353 e. The van der Waals surface area contributed by atoms with Gasteiger partial charge in [0.1, 0.15) is 6.42 Å². The fourth-order valence-corrected chi connectivity index (χ4v) is 13.8. The van der Waals surface area contributed by atoms with E-state index in [4.69, 9.17) is 16.0 Å². The summed E-state index contributed by atoms with van der Waals surface area (Å²) in [6.45, 7) is 23.6. The lowest BCUT2D eigenvalue weighted by Gasteiger charge is -2.61. The maximum atomic E-state index is 13.2. The molecule has 8 fully saturated rings. The van der Waals surface area contributed by atoms with Gasteiger partial charge in [-0.1, -0.05) is 27.7 Å². The quantitative estimate of drug-likeness (QED) is 0.291. The van der Waals surface area contributed by atoms with Crippen LogP contribution in [0.15, 0.2) is 0 Å². The van der Waals surface area contributed by atoms with E-state index >= 15 is 0 Å². The summed E-state index contributed by atoms with van der Waals surface area (Å²) in [6, 6.07) is 0.741. The summed E-state index contributed by atoms with van der Waals surface area (Å²) >= 11 is 0. The van der Waals surface area contributed by atoms with Crippen molar-refractivity contribution in [3.63, 3.8) is 0 Å². The van der Waals surface area contributed by atoms with Crippen LogP contribution >= 0.6 is 0 Å². The van der Waals surface area contributed by atoms with Gasteiger partial charge in [0.2, 0.25) is 11.8 Å². The molecule has 0 aromatic heterocycles. The number of hydrogen-bond donors (Lipinski definition) is 1. The Kier molecular flexibility index (Phi) is 9.60. The number of carbonyl (C=O) groups excluding carboxylic acids is 2. The van der Waals surface area contributed by atoms with E-state index < -0.39 is 0 Å².